The predicted octanol–water partition coefficient (Wildman–Crippen LogP) is 2.85. The summed E-state index contributed by atoms with van der Waals surface area (Å²) in [7, 11) is 0. The molecular weight excluding hydrogens is 342 g/mol. The number of anilines is 3. The maximum atomic E-state index is 12.6. The maximum Gasteiger partial charge on any atom is 0.272 e. The molecule has 1 amide bonds. The van der Waals surface area contributed by atoms with Crippen molar-refractivity contribution in [2.24, 2.45) is 0 Å². The van der Waals surface area contributed by atoms with E-state index in [1.807, 2.05) is 6.07 Å². The summed E-state index contributed by atoms with van der Waals surface area (Å²) in [6.07, 6.45) is 1.61. The number of amides is 1. The third kappa shape index (κ3) is 4.54. The lowest BCUT2D eigenvalue weighted by Crippen LogP contribution is -2.41. The maximum absolute atomic E-state index is 12.6. The van der Waals surface area contributed by atoms with E-state index >= 15 is 0 Å². The second kappa shape index (κ2) is 8.81. The monoisotopic (exact) mass is 369 g/mol. The first-order chi connectivity index (χ1) is 13.1. The summed E-state index contributed by atoms with van der Waals surface area (Å²) in [5, 5.41) is 3.24. The zero-order valence-electron chi connectivity index (χ0n) is 16.2. The molecule has 2 aromatic rings. The molecule has 2 heterocycles. The third-order valence-electron chi connectivity index (χ3n) is 4.76. The molecule has 0 aliphatic carbocycles. The number of hydrogen-bond donors (Lipinski definition) is 1. The molecule has 144 valence electrons. The van der Waals surface area contributed by atoms with Gasteiger partial charge in [-0.15, -0.1) is 0 Å². The van der Waals surface area contributed by atoms with E-state index < -0.39 is 0 Å². The second-order valence-electron chi connectivity index (χ2n) is 6.47. The summed E-state index contributed by atoms with van der Waals surface area (Å²) >= 11 is 0. The van der Waals surface area contributed by atoms with Gasteiger partial charge in [0, 0.05) is 43.8 Å². The highest BCUT2D eigenvalue weighted by molar-refractivity contribution is 5.92. The molecule has 0 unspecified atom stereocenters. The van der Waals surface area contributed by atoms with E-state index in [-0.39, 0.29) is 5.91 Å². The minimum absolute atomic E-state index is 0.0858. The van der Waals surface area contributed by atoms with Crippen LogP contribution in [0.5, 0.6) is 0 Å². The molecule has 3 rings (SSSR count). The molecule has 1 N–H and O–H groups in total. The number of hydrogen-bond acceptors (Lipinski definition) is 6. The molecule has 27 heavy (non-hydrogen) atoms. The van der Waals surface area contributed by atoms with Crippen molar-refractivity contribution in [1.29, 1.82) is 0 Å². The van der Waals surface area contributed by atoms with Crippen LogP contribution >= 0.6 is 0 Å². The van der Waals surface area contributed by atoms with Gasteiger partial charge in [0.1, 0.15) is 5.69 Å². The molecule has 1 saturated heterocycles. The van der Waals surface area contributed by atoms with E-state index in [1.54, 1.807) is 17.2 Å². The summed E-state index contributed by atoms with van der Waals surface area (Å²) in [6, 6.07) is 7.92. The Balaban J connectivity index is 1.75. The van der Waals surface area contributed by atoms with Gasteiger partial charge in [-0.2, -0.15) is 0 Å². The van der Waals surface area contributed by atoms with Crippen molar-refractivity contribution in [1.82, 2.24) is 14.9 Å². The van der Waals surface area contributed by atoms with E-state index in [2.05, 4.69) is 53.1 Å². The van der Waals surface area contributed by atoms with Gasteiger partial charge in [0.15, 0.2) is 0 Å². The van der Waals surface area contributed by atoms with Crippen molar-refractivity contribution in [3.05, 3.63) is 41.7 Å². The number of nitrogens with zero attached hydrogens (tertiary/aromatic N) is 4. The zero-order chi connectivity index (χ0) is 19.2. The van der Waals surface area contributed by atoms with E-state index in [4.69, 9.17) is 4.74 Å². The number of morpholine rings is 1. The number of nitrogens with one attached hydrogen (secondary N) is 1. The summed E-state index contributed by atoms with van der Waals surface area (Å²) < 4.78 is 5.30. The van der Waals surface area contributed by atoms with Gasteiger partial charge in [-0.05, 0) is 50.6 Å². The van der Waals surface area contributed by atoms with Crippen LogP contribution in [0.15, 0.2) is 30.5 Å². The standard InChI is InChI=1S/C20H27N5O2/c1-4-24(5-2)16-6-7-17(15(3)14-16)22-20-21-9-8-18(23-20)19(26)25-10-12-27-13-11-25/h6-9,14H,4-5,10-13H2,1-3H3,(H,21,22,23). The quantitative estimate of drug-likeness (QED) is 0.844. The number of ether oxygens (including phenoxy) is 1. The molecule has 1 aliphatic rings. The Kier molecular flexibility index (Phi) is 6.24. The molecular formula is C20H27N5O2. The molecule has 1 fully saturated rings. The lowest BCUT2D eigenvalue weighted by Gasteiger charge is -2.26. The van der Waals surface area contributed by atoms with Crippen molar-refractivity contribution in [2.45, 2.75) is 20.8 Å². The number of carbonyl (C=O) groups is 1. The van der Waals surface area contributed by atoms with E-state index in [0.29, 0.717) is 37.9 Å². The number of aromatic nitrogens is 2. The average Bonchev–Trinajstić information content (AvgIpc) is 2.71. The van der Waals surface area contributed by atoms with Crippen LogP contribution in [0.1, 0.15) is 29.9 Å². The van der Waals surface area contributed by atoms with Gasteiger partial charge < -0.3 is 19.9 Å². The fraction of sp³-hybridized carbons (Fsp3) is 0.450. The smallest absolute Gasteiger partial charge is 0.272 e. The largest absolute Gasteiger partial charge is 0.378 e. The lowest BCUT2D eigenvalue weighted by molar-refractivity contribution is 0.0299. The Morgan fingerprint density at radius 3 is 2.63 bits per heavy atom. The summed E-state index contributed by atoms with van der Waals surface area (Å²) in [4.78, 5) is 25.3. The number of carbonyl (C=O) groups excluding carboxylic acids is 1. The fourth-order valence-electron chi connectivity index (χ4n) is 3.16. The van der Waals surface area contributed by atoms with Gasteiger partial charge >= 0.3 is 0 Å². The Bertz CT molecular complexity index is 786. The third-order valence-corrected chi connectivity index (χ3v) is 4.76. The van der Waals surface area contributed by atoms with Crippen LogP contribution in [0, 0.1) is 6.92 Å². The molecule has 0 saturated carbocycles. The highest BCUT2D eigenvalue weighted by Crippen LogP contribution is 2.24. The van der Waals surface area contributed by atoms with E-state index in [9.17, 15) is 4.79 Å². The Morgan fingerprint density at radius 2 is 1.96 bits per heavy atom. The van der Waals surface area contributed by atoms with Gasteiger partial charge in [-0.1, -0.05) is 0 Å². The normalized spacial score (nSPS) is 14.1. The van der Waals surface area contributed by atoms with Crippen LogP contribution in [0.4, 0.5) is 17.3 Å². The molecule has 7 heteroatoms. The molecule has 1 aliphatic heterocycles. The summed E-state index contributed by atoms with van der Waals surface area (Å²) in [6.45, 7) is 10.6. The fourth-order valence-corrected chi connectivity index (χ4v) is 3.16. The van der Waals surface area contributed by atoms with Gasteiger partial charge in [0.05, 0.1) is 13.2 Å². The Labute approximate surface area is 160 Å². The van der Waals surface area contributed by atoms with Crippen molar-refractivity contribution in [2.75, 3.05) is 49.6 Å². The van der Waals surface area contributed by atoms with Crippen molar-refractivity contribution in [3.8, 4) is 0 Å². The number of benzene rings is 1. The van der Waals surface area contributed by atoms with E-state index in [0.717, 1.165) is 24.3 Å². The highest BCUT2D eigenvalue weighted by Gasteiger charge is 2.20. The second-order valence-corrected chi connectivity index (χ2v) is 6.47. The number of rotatable bonds is 6. The SMILES string of the molecule is CCN(CC)c1ccc(Nc2nccc(C(=O)N3CCOCC3)n2)c(C)c1. The van der Waals surface area contributed by atoms with Crippen LogP contribution in [-0.4, -0.2) is 60.2 Å². The number of aryl methyl sites for hydroxylation is 1. The first-order valence-electron chi connectivity index (χ1n) is 9.45. The van der Waals surface area contributed by atoms with Gasteiger partial charge in [0.25, 0.3) is 5.91 Å². The van der Waals surface area contributed by atoms with Gasteiger partial charge in [-0.25, -0.2) is 9.97 Å². The molecule has 1 aromatic carbocycles. The average molecular weight is 369 g/mol. The van der Waals surface area contributed by atoms with Crippen LogP contribution < -0.4 is 10.2 Å². The minimum atomic E-state index is -0.0858. The summed E-state index contributed by atoms with van der Waals surface area (Å²) in [5.74, 6) is 0.338. The van der Waals surface area contributed by atoms with Crippen molar-refractivity contribution in [3.63, 3.8) is 0 Å². The first-order valence-corrected chi connectivity index (χ1v) is 9.45. The molecule has 0 atom stereocenters. The van der Waals surface area contributed by atoms with Gasteiger partial charge in [0.2, 0.25) is 5.95 Å². The van der Waals surface area contributed by atoms with Crippen LogP contribution in [0.25, 0.3) is 0 Å². The molecule has 0 bridgehead atoms. The summed E-state index contributed by atoms with van der Waals surface area (Å²) in [5.41, 5.74) is 3.63. The van der Waals surface area contributed by atoms with Gasteiger partial charge in [-0.3, -0.25) is 4.79 Å². The molecule has 0 radical (unpaired) electrons. The van der Waals surface area contributed by atoms with Crippen molar-refractivity contribution >= 4 is 23.2 Å². The molecule has 0 spiro atoms. The highest BCUT2D eigenvalue weighted by atomic mass is 16.5. The van der Waals surface area contributed by atoms with E-state index in [1.165, 1.54) is 5.69 Å². The van der Waals surface area contributed by atoms with Crippen LogP contribution in [0.3, 0.4) is 0 Å². The zero-order valence-corrected chi connectivity index (χ0v) is 16.2. The molecule has 7 nitrogen and oxygen atoms in total. The topological polar surface area (TPSA) is 70.6 Å². The first kappa shape index (κ1) is 19.1. The van der Waals surface area contributed by atoms with Crippen molar-refractivity contribution < 1.29 is 9.53 Å². The Morgan fingerprint density at radius 1 is 1.22 bits per heavy atom. The van der Waals surface area contributed by atoms with Crippen LogP contribution in [0.2, 0.25) is 0 Å². The predicted molar refractivity (Wildman–Crippen MR) is 107 cm³/mol. The molecule has 1 aromatic heterocycles. The minimum Gasteiger partial charge on any atom is -0.378 e. The Hall–Kier alpha value is -2.67. The lowest BCUT2D eigenvalue weighted by atomic mass is 10.1. The van der Waals surface area contributed by atoms with Crippen LogP contribution in [-0.2, 0) is 4.74 Å².